The lowest BCUT2D eigenvalue weighted by molar-refractivity contribution is -0.166. The van der Waals surface area contributed by atoms with Crippen LogP contribution >= 0.6 is 11.8 Å². The standard InChI is InChI=1S/C13H16F3NO4S/c1-6(2)5-17-11(21)7(4-8(18)19)9(12(17)22-3)10(20)13(14,15)16/h6,12H,4-5H2,1-3H3,(H,18,19). The second kappa shape index (κ2) is 6.72. The van der Waals surface area contributed by atoms with Crippen molar-refractivity contribution in [3.05, 3.63) is 11.1 Å². The van der Waals surface area contributed by atoms with Crippen LogP contribution in [-0.2, 0) is 14.4 Å². The molecular formula is C13H16F3NO4S. The Hall–Kier alpha value is -1.51. The normalized spacial score (nSPS) is 19.3. The minimum Gasteiger partial charge on any atom is -0.481 e. The van der Waals surface area contributed by atoms with E-state index in [0.29, 0.717) is 0 Å². The van der Waals surface area contributed by atoms with E-state index in [1.807, 2.05) is 0 Å². The maximum atomic E-state index is 12.8. The lowest BCUT2D eigenvalue weighted by Crippen LogP contribution is -2.39. The number of carbonyl (C=O) groups is 3. The topological polar surface area (TPSA) is 74.7 Å². The van der Waals surface area contributed by atoms with Crippen molar-refractivity contribution in [2.24, 2.45) is 5.92 Å². The molecular weight excluding hydrogens is 323 g/mol. The van der Waals surface area contributed by atoms with Gasteiger partial charge in [-0.1, -0.05) is 13.8 Å². The fourth-order valence-corrected chi connectivity index (χ4v) is 3.16. The molecule has 0 aliphatic carbocycles. The van der Waals surface area contributed by atoms with E-state index >= 15 is 0 Å². The van der Waals surface area contributed by atoms with Gasteiger partial charge in [-0.15, -0.1) is 11.8 Å². The number of Topliss-reactive ketones (excluding diaryl/α,β-unsaturated/α-hetero) is 1. The molecule has 1 heterocycles. The van der Waals surface area contributed by atoms with Gasteiger partial charge < -0.3 is 10.0 Å². The van der Waals surface area contributed by atoms with Crippen molar-refractivity contribution in [1.82, 2.24) is 4.90 Å². The molecule has 1 aliphatic heterocycles. The van der Waals surface area contributed by atoms with Crippen LogP contribution in [0.3, 0.4) is 0 Å². The maximum Gasteiger partial charge on any atom is 0.454 e. The highest BCUT2D eigenvalue weighted by atomic mass is 32.2. The summed E-state index contributed by atoms with van der Waals surface area (Å²) in [6, 6.07) is 0. The van der Waals surface area contributed by atoms with Crippen molar-refractivity contribution in [2.45, 2.75) is 31.8 Å². The predicted molar refractivity (Wildman–Crippen MR) is 74.2 cm³/mol. The first kappa shape index (κ1) is 18.5. The number of amides is 1. The second-order valence-corrected chi connectivity index (χ2v) is 6.15. The average molecular weight is 339 g/mol. The van der Waals surface area contributed by atoms with E-state index in [0.717, 1.165) is 16.7 Å². The molecule has 22 heavy (non-hydrogen) atoms. The summed E-state index contributed by atoms with van der Waals surface area (Å²) < 4.78 is 38.3. The molecule has 0 radical (unpaired) electrons. The lowest BCUT2D eigenvalue weighted by atomic mass is 10.0. The van der Waals surface area contributed by atoms with E-state index in [1.54, 1.807) is 13.8 Å². The van der Waals surface area contributed by atoms with E-state index in [2.05, 4.69) is 0 Å². The minimum atomic E-state index is -5.15. The van der Waals surface area contributed by atoms with Crippen LogP contribution in [0.4, 0.5) is 13.2 Å². The zero-order valence-electron chi connectivity index (χ0n) is 12.2. The number of alkyl halides is 3. The number of rotatable bonds is 6. The number of ketones is 1. The van der Waals surface area contributed by atoms with Gasteiger partial charge in [-0.2, -0.15) is 13.2 Å². The summed E-state index contributed by atoms with van der Waals surface area (Å²) in [6.45, 7) is 3.68. The molecule has 1 aliphatic rings. The van der Waals surface area contributed by atoms with Crippen LogP contribution in [0, 0.1) is 5.92 Å². The Kier molecular flexibility index (Phi) is 5.66. The summed E-state index contributed by atoms with van der Waals surface area (Å²) in [4.78, 5) is 35.9. The number of thioether (sulfide) groups is 1. The Morgan fingerprint density at radius 3 is 2.27 bits per heavy atom. The zero-order chi connectivity index (χ0) is 17.2. The Morgan fingerprint density at radius 1 is 1.36 bits per heavy atom. The lowest BCUT2D eigenvalue weighted by Gasteiger charge is -2.27. The van der Waals surface area contributed by atoms with Gasteiger partial charge in [-0.3, -0.25) is 14.4 Å². The first-order valence-electron chi connectivity index (χ1n) is 6.40. The molecule has 0 spiro atoms. The molecule has 1 unspecified atom stereocenters. The van der Waals surface area contributed by atoms with E-state index < -0.39 is 46.8 Å². The van der Waals surface area contributed by atoms with Gasteiger partial charge in [0.25, 0.3) is 11.7 Å². The molecule has 0 saturated carbocycles. The van der Waals surface area contributed by atoms with E-state index in [9.17, 15) is 27.6 Å². The van der Waals surface area contributed by atoms with Crippen molar-refractivity contribution >= 4 is 29.4 Å². The first-order valence-corrected chi connectivity index (χ1v) is 7.69. The molecule has 1 amide bonds. The Labute approximate surface area is 129 Å². The molecule has 1 N–H and O–H groups in total. The summed E-state index contributed by atoms with van der Waals surface area (Å²) in [6.07, 6.45) is -4.58. The predicted octanol–water partition coefficient (Wildman–Crippen LogP) is 2.08. The molecule has 0 aromatic carbocycles. The van der Waals surface area contributed by atoms with Gasteiger partial charge in [-0.25, -0.2) is 0 Å². The summed E-state index contributed by atoms with van der Waals surface area (Å²) in [5, 5.41) is 7.70. The van der Waals surface area contributed by atoms with Crippen LogP contribution in [0.5, 0.6) is 0 Å². The number of hydrogen-bond donors (Lipinski definition) is 1. The number of carbonyl (C=O) groups excluding carboxylic acids is 2. The molecule has 9 heteroatoms. The molecule has 124 valence electrons. The minimum absolute atomic E-state index is 0.0370. The fraction of sp³-hybridized carbons (Fsp3) is 0.615. The third kappa shape index (κ3) is 3.82. The van der Waals surface area contributed by atoms with Crippen molar-refractivity contribution < 1.29 is 32.7 Å². The van der Waals surface area contributed by atoms with E-state index in [1.165, 1.54) is 6.26 Å². The van der Waals surface area contributed by atoms with Gasteiger partial charge in [0.15, 0.2) is 0 Å². The number of hydrogen-bond acceptors (Lipinski definition) is 4. The van der Waals surface area contributed by atoms with Gasteiger partial charge in [0.05, 0.1) is 6.42 Å². The summed E-state index contributed by atoms with van der Waals surface area (Å²) in [7, 11) is 0. The summed E-state index contributed by atoms with van der Waals surface area (Å²) in [5.41, 5.74) is -1.33. The maximum absolute atomic E-state index is 12.8. The number of halogens is 3. The smallest absolute Gasteiger partial charge is 0.454 e. The third-order valence-corrected chi connectivity index (χ3v) is 3.93. The number of carboxylic acid groups (broad SMARTS) is 1. The highest BCUT2D eigenvalue weighted by molar-refractivity contribution is 7.99. The highest BCUT2D eigenvalue weighted by Crippen LogP contribution is 2.38. The van der Waals surface area contributed by atoms with Gasteiger partial charge in [0, 0.05) is 17.7 Å². The Bertz CT molecular complexity index is 528. The monoisotopic (exact) mass is 339 g/mol. The molecule has 0 saturated heterocycles. The molecule has 1 atom stereocenters. The highest BCUT2D eigenvalue weighted by Gasteiger charge is 2.50. The van der Waals surface area contributed by atoms with Gasteiger partial charge in [-0.05, 0) is 12.2 Å². The molecule has 0 bridgehead atoms. The Morgan fingerprint density at radius 2 is 1.91 bits per heavy atom. The van der Waals surface area contributed by atoms with Crippen LogP contribution in [-0.4, -0.2) is 52.0 Å². The molecule has 5 nitrogen and oxygen atoms in total. The van der Waals surface area contributed by atoms with Crippen molar-refractivity contribution in [3.63, 3.8) is 0 Å². The van der Waals surface area contributed by atoms with Crippen LogP contribution in [0.2, 0.25) is 0 Å². The summed E-state index contributed by atoms with van der Waals surface area (Å²) in [5.74, 6) is -4.46. The van der Waals surface area contributed by atoms with Gasteiger partial charge in [0.1, 0.15) is 5.37 Å². The van der Waals surface area contributed by atoms with E-state index in [-0.39, 0.29) is 12.5 Å². The molecule has 0 aromatic heterocycles. The van der Waals surface area contributed by atoms with Crippen molar-refractivity contribution in [1.29, 1.82) is 0 Å². The van der Waals surface area contributed by atoms with Gasteiger partial charge >= 0.3 is 12.1 Å². The molecule has 0 aromatic rings. The molecule has 0 fully saturated rings. The van der Waals surface area contributed by atoms with E-state index in [4.69, 9.17) is 5.11 Å². The largest absolute Gasteiger partial charge is 0.481 e. The number of nitrogens with zero attached hydrogens (tertiary/aromatic N) is 1. The fourth-order valence-electron chi connectivity index (χ4n) is 2.24. The van der Waals surface area contributed by atoms with Crippen LogP contribution < -0.4 is 0 Å². The molecule has 1 rings (SSSR count). The van der Waals surface area contributed by atoms with Crippen LogP contribution in [0.1, 0.15) is 20.3 Å². The quantitative estimate of drug-likeness (QED) is 0.802. The zero-order valence-corrected chi connectivity index (χ0v) is 13.0. The van der Waals surface area contributed by atoms with Crippen LogP contribution in [0.15, 0.2) is 11.1 Å². The first-order chi connectivity index (χ1) is 10.0. The Balaban J connectivity index is 3.37. The van der Waals surface area contributed by atoms with Gasteiger partial charge in [0.2, 0.25) is 0 Å². The number of carboxylic acids is 1. The summed E-state index contributed by atoms with van der Waals surface area (Å²) >= 11 is 0.903. The third-order valence-electron chi connectivity index (χ3n) is 2.99. The van der Waals surface area contributed by atoms with Crippen molar-refractivity contribution in [2.75, 3.05) is 12.8 Å². The average Bonchev–Trinajstić information content (AvgIpc) is 2.60. The number of aliphatic carboxylic acids is 1. The van der Waals surface area contributed by atoms with Crippen molar-refractivity contribution in [3.8, 4) is 0 Å². The van der Waals surface area contributed by atoms with Crippen LogP contribution in [0.25, 0.3) is 0 Å². The second-order valence-electron chi connectivity index (χ2n) is 5.23. The SMILES string of the molecule is CSC1C(C(=O)C(F)(F)F)=C(CC(=O)O)C(=O)N1CC(C)C.